The SMILES string of the molecule is CCNC(CCCOCC)Cc1ccc(Br)cn1. The minimum absolute atomic E-state index is 0.490. The number of pyridine rings is 1. The second kappa shape index (κ2) is 9.48. The fraction of sp³-hybridized carbons (Fsp3) is 0.643. The first-order valence-electron chi connectivity index (χ1n) is 6.67. The lowest BCUT2D eigenvalue weighted by Crippen LogP contribution is -2.31. The molecule has 1 unspecified atom stereocenters. The van der Waals surface area contributed by atoms with Gasteiger partial charge in [-0.05, 0) is 54.4 Å². The predicted molar refractivity (Wildman–Crippen MR) is 78.8 cm³/mol. The van der Waals surface area contributed by atoms with Crippen molar-refractivity contribution in [3.05, 3.63) is 28.5 Å². The number of nitrogens with zero attached hydrogens (tertiary/aromatic N) is 1. The van der Waals surface area contributed by atoms with Crippen LogP contribution in [0.4, 0.5) is 0 Å². The van der Waals surface area contributed by atoms with E-state index in [4.69, 9.17) is 4.74 Å². The molecular formula is C14H23BrN2O. The molecule has 0 fully saturated rings. The molecule has 0 saturated carbocycles. The van der Waals surface area contributed by atoms with Gasteiger partial charge in [-0.2, -0.15) is 0 Å². The molecule has 0 radical (unpaired) electrons. The first-order valence-corrected chi connectivity index (χ1v) is 7.47. The fourth-order valence-electron chi connectivity index (χ4n) is 1.92. The molecule has 0 aromatic carbocycles. The molecule has 3 nitrogen and oxygen atoms in total. The Labute approximate surface area is 118 Å². The lowest BCUT2D eigenvalue weighted by Gasteiger charge is -2.17. The summed E-state index contributed by atoms with van der Waals surface area (Å²) in [5.74, 6) is 0. The van der Waals surface area contributed by atoms with E-state index in [-0.39, 0.29) is 0 Å². The quantitative estimate of drug-likeness (QED) is 0.711. The summed E-state index contributed by atoms with van der Waals surface area (Å²) in [6.45, 7) is 6.83. The van der Waals surface area contributed by atoms with E-state index in [2.05, 4.69) is 39.2 Å². The van der Waals surface area contributed by atoms with Gasteiger partial charge in [-0.3, -0.25) is 4.98 Å². The summed E-state index contributed by atoms with van der Waals surface area (Å²) < 4.78 is 6.41. The number of nitrogens with one attached hydrogen (secondary N) is 1. The van der Waals surface area contributed by atoms with Crippen molar-refractivity contribution in [1.29, 1.82) is 0 Å². The van der Waals surface area contributed by atoms with E-state index in [1.165, 1.54) is 0 Å². The summed E-state index contributed by atoms with van der Waals surface area (Å²) in [5.41, 5.74) is 1.14. The van der Waals surface area contributed by atoms with E-state index < -0.39 is 0 Å². The van der Waals surface area contributed by atoms with Crippen molar-refractivity contribution >= 4 is 15.9 Å². The highest BCUT2D eigenvalue weighted by Crippen LogP contribution is 2.10. The standard InChI is InChI=1S/C14H23BrN2O/c1-3-16-13(6-5-9-18-4-2)10-14-8-7-12(15)11-17-14/h7-8,11,13,16H,3-6,9-10H2,1-2H3. The number of likely N-dealkylation sites (N-methyl/N-ethyl adjacent to an activating group) is 1. The molecule has 1 N–H and O–H groups in total. The smallest absolute Gasteiger partial charge is 0.0466 e. The molecule has 1 aromatic heterocycles. The number of rotatable bonds is 9. The Balaban J connectivity index is 2.38. The van der Waals surface area contributed by atoms with Crippen LogP contribution >= 0.6 is 15.9 Å². The van der Waals surface area contributed by atoms with Crippen LogP contribution in [-0.2, 0) is 11.2 Å². The average molecular weight is 315 g/mol. The number of hydrogen-bond donors (Lipinski definition) is 1. The van der Waals surface area contributed by atoms with E-state index in [0.29, 0.717) is 6.04 Å². The summed E-state index contributed by atoms with van der Waals surface area (Å²) in [7, 11) is 0. The zero-order valence-corrected chi connectivity index (χ0v) is 12.9. The largest absolute Gasteiger partial charge is 0.382 e. The van der Waals surface area contributed by atoms with E-state index in [1.807, 2.05) is 19.2 Å². The van der Waals surface area contributed by atoms with Crippen LogP contribution in [-0.4, -0.2) is 30.8 Å². The summed E-state index contributed by atoms with van der Waals surface area (Å²) in [4.78, 5) is 4.43. The van der Waals surface area contributed by atoms with Gasteiger partial charge in [0.15, 0.2) is 0 Å². The van der Waals surface area contributed by atoms with Crippen molar-refractivity contribution in [3.63, 3.8) is 0 Å². The van der Waals surface area contributed by atoms with E-state index in [9.17, 15) is 0 Å². The van der Waals surface area contributed by atoms with Crippen LogP contribution in [0.25, 0.3) is 0 Å². The summed E-state index contributed by atoms with van der Waals surface area (Å²) in [6, 6.07) is 4.62. The van der Waals surface area contributed by atoms with Crippen molar-refractivity contribution < 1.29 is 4.74 Å². The van der Waals surface area contributed by atoms with Crippen molar-refractivity contribution in [1.82, 2.24) is 10.3 Å². The summed E-state index contributed by atoms with van der Waals surface area (Å²) in [5, 5.41) is 3.52. The normalized spacial score (nSPS) is 12.6. The maximum absolute atomic E-state index is 5.38. The first kappa shape index (κ1) is 15.6. The van der Waals surface area contributed by atoms with Gasteiger partial charge < -0.3 is 10.1 Å². The third kappa shape index (κ3) is 6.47. The summed E-state index contributed by atoms with van der Waals surface area (Å²) >= 11 is 3.41. The average Bonchev–Trinajstić information content (AvgIpc) is 2.37. The van der Waals surface area contributed by atoms with Gasteiger partial charge in [-0.25, -0.2) is 0 Å². The molecule has 0 aliphatic rings. The number of hydrogen-bond acceptors (Lipinski definition) is 3. The Bertz CT molecular complexity index is 316. The molecule has 4 heteroatoms. The predicted octanol–water partition coefficient (Wildman–Crippen LogP) is 3.18. The zero-order valence-electron chi connectivity index (χ0n) is 11.3. The minimum Gasteiger partial charge on any atom is -0.382 e. The van der Waals surface area contributed by atoms with Gasteiger partial charge in [0.05, 0.1) is 0 Å². The van der Waals surface area contributed by atoms with Crippen molar-refractivity contribution in [2.75, 3.05) is 19.8 Å². The molecular weight excluding hydrogens is 292 g/mol. The monoisotopic (exact) mass is 314 g/mol. The van der Waals surface area contributed by atoms with E-state index >= 15 is 0 Å². The van der Waals surface area contributed by atoms with Crippen molar-refractivity contribution in [2.45, 2.75) is 39.2 Å². The van der Waals surface area contributed by atoms with Crippen LogP contribution < -0.4 is 5.32 Å². The van der Waals surface area contributed by atoms with E-state index in [0.717, 1.165) is 49.2 Å². The Hall–Kier alpha value is -0.450. The maximum Gasteiger partial charge on any atom is 0.0466 e. The Morgan fingerprint density at radius 2 is 2.22 bits per heavy atom. The lowest BCUT2D eigenvalue weighted by atomic mass is 10.1. The molecule has 0 aliphatic carbocycles. The van der Waals surface area contributed by atoms with Crippen LogP contribution in [0, 0.1) is 0 Å². The van der Waals surface area contributed by atoms with Gasteiger partial charge >= 0.3 is 0 Å². The highest BCUT2D eigenvalue weighted by molar-refractivity contribution is 9.10. The van der Waals surface area contributed by atoms with Crippen LogP contribution in [0.2, 0.25) is 0 Å². The molecule has 1 rings (SSSR count). The first-order chi connectivity index (χ1) is 8.76. The Kier molecular flexibility index (Phi) is 8.22. The van der Waals surface area contributed by atoms with Crippen LogP contribution in [0.15, 0.2) is 22.8 Å². The molecule has 0 bridgehead atoms. The molecule has 1 heterocycles. The molecule has 102 valence electrons. The van der Waals surface area contributed by atoms with Crippen LogP contribution in [0.5, 0.6) is 0 Å². The molecule has 1 aromatic rings. The summed E-state index contributed by atoms with van der Waals surface area (Å²) in [6.07, 6.45) is 5.07. The Morgan fingerprint density at radius 3 is 2.83 bits per heavy atom. The Morgan fingerprint density at radius 1 is 1.39 bits per heavy atom. The van der Waals surface area contributed by atoms with Crippen molar-refractivity contribution in [2.24, 2.45) is 0 Å². The molecule has 0 spiro atoms. The van der Waals surface area contributed by atoms with Crippen LogP contribution in [0.1, 0.15) is 32.4 Å². The highest BCUT2D eigenvalue weighted by Gasteiger charge is 2.09. The second-order valence-electron chi connectivity index (χ2n) is 4.27. The topological polar surface area (TPSA) is 34.1 Å². The third-order valence-corrected chi connectivity index (χ3v) is 3.25. The molecule has 0 saturated heterocycles. The van der Waals surface area contributed by atoms with E-state index in [1.54, 1.807) is 0 Å². The highest BCUT2D eigenvalue weighted by atomic mass is 79.9. The van der Waals surface area contributed by atoms with Gasteiger partial charge in [0.25, 0.3) is 0 Å². The maximum atomic E-state index is 5.38. The molecule has 18 heavy (non-hydrogen) atoms. The van der Waals surface area contributed by atoms with Gasteiger partial charge in [0.1, 0.15) is 0 Å². The number of ether oxygens (including phenoxy) is 1. The molecule has 0 aliphatic heterocycles. The fourth-order valence-corrected chi connectivity index (χ4v) is 2.16. The van der Waals surface area contributed by atoms with Gasteiger partial charge in [-0.1, -0.05) is 6.92 Å². The third-order valence-electron chi connectivity index (χ3n) is 2.78. The molecule has 0 amide bonds. The van der Waals surface area contributed by atoms with Crippen LogP contribution in [0.3, 0.4) is 0 Å². The minimum atomic E-state index is 0.490. The number of halogens is 1. The van der Waals surface area contributed by atoms with Gasteiger partial charge in [-0.15, -0.1) is 0 Å². The lowest BCUT2D eigenvalue weighted by molar-refractivity contribution is 0.140. The molecule has 1 atom stereocenters. The number of aromatic nitrogens is 1. The second-order valence-corrected chi connectivity index (χ2v) is 5.18. The zero-order chi connectivity index (χ0) is 13.2. The van der Waals surface area contributed by atoms with Gasteiger partial charge in [0.2, 0.25) is 0 Å². The van der Waals surface area contributed by atoms with Gasteiger partial charge in [0, 0.05) is 42.0 Å². The van der Waals surface area contributed by atoms with Crippen molar-refractivity contribution in [3.8, 4) is 0 Å².